The standard InChI is InChI=1S/C19H13F3N2O4/c20-19(21,22)14-2-1-3-15(9-14)24-18(27)13(10-23)8-12-4-6-16(7-5-12)28-11-17(25)26/h1-9H,11H2,(H,24,27)(H,25,26)/b13-8-. The summed E-state index contributed by atoms with van der Waals surface area (Å²) >= 11 is 0. The lowest BCUT2D eigenvalue weighted by atomic mass is 10.1. The first-order chi connectivity index (χ1) is 13.2. The third-order valence-corrected chi connectivity index (χ3v) is 3.37. The minimum atomic E-state index is -4.56. The van der Waals surface area contributed by atoms with E-state index in [-0.39, 0.29) is 17.0 Å². The van der Waals surface area contributed by atoms with Crippen LogP contribution in [0.15, 0.2) is 54.1 Å². The van der Waals surface area contributed by atoms with E-state index in [9.17, 15) is 28.0 Å². The number of ether oxygens (including phenoxy) is 1. The number of anilines is 1. The molecule has 0 aliphatic heterocycles. The zero-order valence-electron chi connectivity index (χ0n) is 14.2. The molecule has 0 spiro atoms. The molecule has 0 saturated heterocycles. The highest BCUT2D eigenvalue weighted by molar-refractivity contribution is 6.09. The van der Waals surface area contributed by atoms with E-state index in [1.165, 1.54) is 36.4 Å². The lowest BCUT2D eigenvalue weighted by molar-refractivity contribution is -0.139. The number of carboxylic acid groups (broad SMARTS) is 1. The largest absolute Gasteiger partial charge is 0.482 e. The number of nitrogens with one attached hydrogen (secondary N) is 1. The monoisotopic (exact) mass is 390 g/mol. The molecule has 2 N–H and O–H groups in total. The van der Waals surface area contributed by atoms with Gasteiger partial charge >= 0.3 is 12.1 Å². The van der Waals surface area contributed by atoms with Gasteiger partial charge in [0.05, 0.1) is 5.56 Å². The summed E-state index contributed by atoms with van der Waals surface area (Å²) in [4.78, 5) is 22.6. The molecule has 0 aliphatic carbocycles. The number of benzene rings is 2. The zero-order chi connectivity index (χ0) is 20.7. The van der Waals surface area contributed by atoms with E-state index in [1.807, 2.05) is 0 Å². The highest BCUT2D eigenvalue weighted by atomic mass is 19.4. The van der Waals surface area contributed by atoms with Crippen LogP contribution in [0.3, 0.4) is 0 Å². The quantitative estimate of drug-likeness (QED) is 0.579. The molecule has 0 saturated carbocycles. The van der Waals surface area contributed by atoms with E-state index in [0.29, 0.717) is 5.56 Å². The Bertz CT molecular complexity index is 945. The predicted molar refractivity (Wildman–Crippen MR) is 93.2 cm³/mol. The van der Waals surface area contributed by atoms with Gasteiger partial charge in [-0.1, -0.05) is 18.2 Å². The van der Waals surface area contributed by atoms with Gasteiger partial charge in [-0.05, 0) is 42.0 Å². The van der Waals surface area contributed by atoms with Crippen molar-refractivity contribution in [3.05, 3.63) is 65.2 Å². The van der Waals surface area contributed by atoms with Crippen molar-refractivity contribution >= 4 is 23.6 Å². The molecule has 144 valence electrons. The van der Waals surface area contributed by atoms with Crippen LogP contribution in [0.1, 0.15) is 11.1 Å². The molecule has 2 aromatic carbocycles. The maximum absolute atomic E-state index is 12.7. The third kappa shape index (κ3) is 5.88. The average molecular weight is 390 g/mol. The summed E-state index contributed by atoms with van der Waals surface area (Å²) in [5.74, 6) is -1.72. The number of hydrogen-bond acceptors (Lipinski definition) is 4. The maximum Gasteiger partial charge on any atom is 0.416 e. The molecule has 0 radical (unpaired) electrons. The second-order valence-corrected chi connectivity index (χ2v) is 5.45. The molecule has 0 atom stereocenters. The van der Waals surface area contributed by atoms with Gasteiger partial charge in [-0.15, -0.1) is 0 Å². The molecule has 6 nitrogen and oxygen atoms in total. The third-order valence-electron chi connectivity index (χ3n) is 3.37. The van der Waals surface area contributed by atoms with Gasteiger partial charge in [-0.25, -0.2) is 4.79 Å². The maximum atomic E-state index is 12.7. The fourth-order valence-corrected chi connectivity index (χ4v) is 2.09. The molecule has 0 fully saturated rings. The lowest BCUT2D eigenvalue weighted by Gasteiger charge is -2.09. The summed E-state index contributed by atoms with van der Waals surface area (Å²) in [5, 5.41) is 20.0. The average Bonchev–Trinajstić information content (AvgIpc) is 2.64. The normalized spacial score (nSPS) is 11.4. The van der Waals surface area contributed by atoms with Crippen molar-refractivity contribution in [3.63, 3.8) is 0 Å². The molecular formula is C19H13F3N2O4. The molecule has 0 aliphatic rings. The first-order valence-electron chi connectivity index (χ1n) is 7.74. The van der Waals surface area contributed by atoms with Gasteiger partial charge in [-0.2, -0.15) is 18.4 Å². The Hall–Kier alpha value is -3.80. The first kappa shape index (κ1) is 20.5. The van der Waals surface area contributed by atoms with E-state index < -0.39 is 30.2 Å². The minimum absolute atomic E-state index is 0.0987. The Morgan fingerprint density at radius 1 is 1.18 bits per heavy atom. The predicted octanol–water partition coefficient (Wildman–Crippen LogP) is 3.71. The van der Waals surface area contributed by atoms with Gasteiger partial charge in [0, 0.05) is 5.69 Å². The minimum Gasteiger partial charge on any atom is -0.482 e. The van der Waals surface area contributed by atoms with Crippen LogP contribution in [0, 0.1) is 11.3 Å². The number of carboxylic acids is 1. The van der Waals surface area contributed by atoms with E-state index in [4.69, 9.17) is 9.84 Å². The molecule has 0 bridgehead atoms. The Kier molecular flexibility index (Phi) is 6.39. The Morgan fingerprint density at radius 3 is 2.43 bits per heavy atom. The van der Waals surface area contributed by atoms with Crippen LogP contribution in [-0.2, 0) is 15.8 Å². The van der Waals surface area contributed by atoms with Crippen LogP contribution in [0.4, 0.5) is 18.9 Å². The van der Waals surface area contributed by atoms with Gasteiger partial charge in [0.1, 0.15) is 17.4 Å². The zero-order valence-corrected chi connectivity index (χ0v) is 14.2. The number of nitrogens with zero attached hydrogens (tertiary/aromatic N) is 1. The number of hydrogen-bond donors (Lipinski definition) is 2. The number of amides is 1. The molecule has 2 rings (SSSR count). The number of alkyl halides is 3. The molecule has 0 heterocycles. The smallest absolute Gasteiger partial charge is 0.416 e. The van der Waals surface area contributed by atoms with Crippen molar-refractivity contribution in [3.8, 4) is 11.8 Å². The van der Waals surface area contributed by atoms with Crippen LogP contribution in [0.25, 0.3) is 6.08 Å². The number of nitriles is 1. The molecule has 9 heteroatoms. The van der Waals surface area contributed by atoms with Gasteiger partial charge < -0.3 is 15.2 Å². The van der Waals surface area contributed by atoms with E-state index in [2.05, 4.69) is 5.32 Å². The molecule has 28 heavy (non-hydrogen) atoms. The highest BCUT2D eigenvalue weighted by Gasteiger charge is 2.30. The summed E-state index contributed by atoms with van der Waals surface area (Å²) < 4.78 is 43.2. The second kappa shape index (κ2) is 8.73. The van der Waals surface area contributed by atoms with Crippen molar-refractivity contribution < 1.29 is 32.6 Å². The first-order valence-corrected chi connectivity index (χ1v) is 7.74. The van der Waals surface area contributed by atoms with Gasteiger partial charge in [0.15, 0.2) is 6.61 Å². The molecule has 0 unspecified atom stereocenters. The highest BCUT2D eigenvalue weighted by Crippen LogP contribution is 2.30. The van der Waals surface area contributed by atoms with Crippen LogP contribution in [0.5, 0.6) is 5.75 Å². The van der Waals surface area contributed by atoms with Crippen molar-refractivity contribution in [2.24, 2.45) is 0 Å². The van der Waals surface area contributed by atoms with Gasteiger partial charge in [0.2, 0.25) is 0 Å². The molecular weight excluding hydrogens is 377 g/mol. The molecule has 1 amide bonds. The lowest BCUT2D eigenvalue weighted by Crippen LogP contribution is -2.14. The van der Waals surface area contributed by atoms with E-state index >= 15 is 0 Å². The van der Waals surface area contributed by atoms with Gasteiger partial charge in [0.25, 0.3) is 5.91 Å². The van der Waals surface area contributed by atoms with Crippen molar-refractivity contribution in [2.45, 2.75) is 6.18 Å². The van der Waals surface area contributed by atoms with Crippen LogP contribution in [0.2, 0.25) is 0 Å². The van der Waals surface area contributed by atoms with Crippen molar-refractivity contribution in [2.75, 3.05) is 11.9 Å². The number of aliphatic carboxylic acids is 1. The van der Waals surface area contributed by atoms with Crippen LogP contribution < -0.4 is 10.1 Å². The van der Waals surface area contributed by atoms with Crippen LogP contribution >= 0.6 is 0 Å². The van der Waals surface area contributed by atoms with Crippen LogP contribution in [-0.4, -0.2) is 23.6 Å². The number of carbonyl (C=O) groups excluding carboxylic acids is 1. The summed E-state index contributed by atoms with van der Waals surface area (Å²) in [6.07, 6.45) is -3.32. The summed E-state index contributed by atoms with van der Waals surface area (Å²) in [6.45, 7) is -0.516. The van der Waals surface area contributed by atoms with E-state index in [0.717, 1.165) is 18.2 Å². The van der Waals surface area contributed by atoms with Crippen molar-refractivity contribution in [1.82, 2.24) is 0 Å². The SMILES string of the molecule is N#C/C(=C/c1ccc(OCC(=O)O)cc1)C(=O)Nc1cccc(C(F)(F)F)c1. The summed E-state index contributed by atoms with van der Waals surface area (Å²) in [7, 11) is 0. The Labute approximate surface area is 157 Å². The molecule has 2 aromatic rings. The number of carbonyl (C=O) groups is 2. The number of halogens is 3. The second-order valence-electron chi connectivity index (χ2n) is 5.45. The fraction of sp³-hybridized carbons (Fsp3) is 0.105. The molecule has 0 aromatic heterocycles. The summed E-state index contributed by atoms with van der Waals surface area (Å²) in [5.41, 5.74) is -0.904. The summed E-state index contributed by atoms with van der Waals surface area (Å²) in [6, 6.07) is 11.6. The van der Waals surface area contributed by atoms with Gasteiger partial charge in [-0.3, -0.25) is 4.79 Å². The Balaban J connectivity index is 2.13. The fourth-order valence-electron chi connectivity index (χ4n) is 2.09. The number of rotatable bonds is 6. The van der Waals surface area contributed by atoms with E-state index in [1.54, 1.807) is 6.07 Å². The van der Waals surface area contributed by atoms with Crippen molar-refractivity contribution in [1.29, 1.82) is 5.26 Å². The Morgan fingerprint density at radius 2 is 1.86 bits per heavy atom. The topological polar surface area (TPSA) is 99.4 Å².